The zero-order chi connectivity index (χ0) is 16.4. The van der Waals surface area contributed by atoms with Gasteiger partial charge >= 0.3 is 5.69 Å². The number of aryl methyl sites for hydroxylation is 2. The molecule has 22 heavy (non-hydrogen) atoms. The number of nitro groups is 1. The second kappa shape index (κ2) is 6.62. The highest BCUT2D eigenvalue weighted by Crippen LogP contribution is 2.33. The zero-order valence-electron chi connectivity index (χ0n) is 13.7. The van der Waals surface area contributed by atoms with Gasteiger partial charge in [0.25, 0.3) is 0 Å². The molecule has 2 heterocycles. The molecule has 0 saturated carbocycles. The fourth-order valence-electron chi connectivity index (χ4n) is 3.14. The van der Waals surface area contributed by atoms with Crippen molar-refractivity contribution in [1.82, 2.24) is 14.7 Å². The maximum atomic E-state index is 11.4. The number of hydrogen-bond donors (Lipinski definition) is 1. The average molecular weight is 311 g/mol. The van der Waals surface area contributed by atoms with Crippen molar-refractivity contribution >= 4 is 11.5 Å². The van der Waals surface area contributed by atoms with Gasteiger partial charge in [-0.2, -0.15) is 5.10 Å². The van der Waals surface area contributed by atoms with Crippen molar-refractivity contribution in [2.45, 2.75) is 39.3 Å². The van der Waals surface area contributed by atoms with Gasteiger partial charge in [0.15, 0.2) is 0 Å². The van der Waals surface area contributed by atoms with Crippen molar-refractivity contribution in [2.24, 2.45) is 7.05 Å². The summed E-state index contributed by atoms with van der Waals surface area (Å²) in [7, 11) is 1.76. The Morgan fingerprint density at radius 1 is 1.50 bits per heavy atom. The van der Waals surface area contributed by atoms with E-state index in [0.29, 0.717) is 37.6 Å². The van der Waals surface area contributed by atoms with Gasteiger partial charge < -0.3 is 10.0 Å². The Bertz CT molecular complexity index is 543. The monoisotopic (exact) mass is 311 g/mol. The number of aliphatic hydroxyl groups excluding tert-OH is 1. The Morgan fingerprint density at radius 2 is 2.18 bits per heavy atom. The molecule has 1 N–H and O–H groups in total. The van der Waals surface area contributed by atoms with E-state index in [0.717, 1.165) is 6.54 Å². The molecular formula is C14H25N5O3. The summed E-state index contributed by atoms with van der Waals surface area (Å²) in [6.45, 7) is 8.52. The van der Waals surface area contributed by atoms with Crippen LogP contribution < -0.4 is 4.90 Å². The molecule has 1 aliphatic rings. The van der Waals surface area contributed by atoms with E-state index in [4.69, 9.17) is 0 Å². The van der Waals surface area contributed by atoms with Crippen LogP contribution in [0.25, 0.3) is 0 Å². The molecule has 8 heteroatoms. The smallest absolute Gasteiger partial charge is 0.334 e. The molecule has 0 aromatic carbocycles. The Hall–Kier alpha value is -1.67. The molecule has 1 aromatic rings. The Balaban J connectivity index is 2.24. The van der Waals surface area contributed by atoms with E-state index in [9.17, 15) is 15.2 Å². The molecule has 0 amide bonds. The summed E-state index contributed by atoms with van der Waals surface area (Å²) in [5.41, 5.74) is 0.655. The average Bonchev–Trinajstić information content (AvgIpc) is 2.77. The predicted molar refractivity (Wildman–Crippen MR) is 84.2 cm³/mol. The minimum atomic E-state index is -0.369. The fourth-order valence-corrected chi connectivity index (χ4v) is 3.14. The van der Waals surface area contributed by atoms with Crippen molar-refractivity contribution in [2.75, 3.05) is 31.1 Å². The van der Waals surface area contributed by atoms with Gasteiger partial charge in [-0.1, -0.05) is 6.92 Å². The third-order valence-electron chi connectivity index (χ3n) is 4.14. The molecule has 2 unspecified atom stereocenters. The van der Waals surface area contributed by atoms with Crippen LogP contribution in [-0.2, 0) is 13.5 Å². The van der Waals surface area contributed by atoms with Gasteiger partial charge in [0, 0.05) is 39.3 Å². The third kappa shape index (κ3) is 3.22. The second-order valence-corrected chi connectivity index (χ2v) is 5.99. The van der Waals surface area contributed by atoms with Crippen molar-refractivity contribution < 1.29 is 10.0 Å². The van der Waals surface area contributed by atoms with Crippen LogP contribution in [0.5, 0.6) is 0 Å². The van der Waals surface area contributed by atoms with Crippen LogP contribution in [0.3, 0.4) is 0 Å². The highest BCUT2D eigenvalue weighted by molar-refractivity contribution is 5.62. The number of anilines is 1. The third-order valence-corrected chi connectivity index (χ3v) is 4.14. The first-order valence-corrected chi connectivity index (χ1v) is 7.72. The van der Waals surface area contributed by atoms with Crippen LogP contribution in [-0.4, -0.2) is 63.0 Å². The minimum Gasteiger partial charge on any atom is -0.392 e. The number of aliphatic hydroxyl groups is 1. The Kier molecular flexibility index (Phi) is 5.02. The first-order valence-electron chi connectivity index (χ1n) is 7.72. The van der Waals surface area contributed by atoms with E-state index in [1.807, 2.05) is 11.8 Å². The van der Waals surface area contributed by atoms with Gasteiger partial charge in [0.2, 0.25) is 5.82 Å². The summed E-state index contributed by atoms with van der Waals surface area (Å²) in [6.07, 6.45) is 0.175. The molecular weight excluding hydrogens is 286 g/mol. The van der Waals surface area contributed by atoms with E-state index in [1.54, 1.807) is 18.7 Å². The van der Waals surface area contributed by atoms with E-state index < -0.39 is 0 Å². The maximum Gasteiger partial charge on any atom is 0.334 e. The van der Waals surface area contributed by atoms with Gasteiger partial charge in [-0.15, -0.1) is 0 Å². The summed E-state index contributed by atoms with van der Waals surface area (Å²) < 4.78 is 1.62. The van der Waals surface area contributed by atoms with Gasteiger partial charge in [-0.3, -0.25) is 15.0 Å². The van der Waals surface area contributed by atoms with E-state index in [2.05, 4.69) is 16.9 Å². The summed E-state index contributed by atoms with van der Waals surface area (Å²) in [5, 5.41) is 25.3. The number of hydrogen-bond acceptors (Lipinski definition) is 6. The van der Waals surface area contributed by atoms with Gasteiger partial charge in [-0.05, 0) is 20.3 Å². The summed E-state index contributed by atoms with van der Waals surface area (Å²) in [4.78, 5) is 15.4. The van der Waals surface area contributed by atoms with Crippen LogP contribution >= 0.6 is 0 Å². The minimum absolute atomic E-state index is 0.126. The molecule has 8 nitrogen and oxygen atoms in total. The molecule has 1 fully saturated rings. The van der Waals surface area contributed by atoms with Gasteiger partial charge in [-0.25, -0.2) is 4.68 Å². The molecule has 0 spiro atoms. The SMILES string of the molecule is CCc1nn(C)c(N2CCN(CC(C)O)C(C)C2)c1[N+](=O)[O-]. The van der Waals surface area contributed by atoms with E-state index in [-0.39, 0.29) is 22.8 Å². The van der Waals surface area contributed by atoms with Gasteiger partial charge in [0.05, 0.1) is 11.0 Å². The number of piperazine rings is 1. The number of nitrogens with zero attached hydrogens (tertiary/aromatic N) is 5. The first kappa shape index (κ1) is 16.7. The highest BCUT2D eigenvalue weighted by atomic mass is 16.6. The van der Waals surface area contributed by atoms with Crippen LogP contribution in [0.2, 0.25) is 0 Å². The van der Waals surface area contributed by atoms with Crippen LogP contribution in [0.4, 0.5) is 11.5 Å². The standard InChI is InChI=1S/C14H25N5O3/c1-5-12-13(19(21)22)14(16(4)15-12)18-7-6-17(9-11(3)20)10(2)8-18/h10-11,20H,5-9H2,1-4H3. The van der Waals surface area contributed by atoms with Crippen molar-refractivity contribution in [3.63, 3.8) is 0 Å². The molecule has 0 radical (unpaired) electrons. The second-order valence-electron chi connectivity index (χ2n) is 5.99. The number of aromatic nitrogens is 2. The van der Waals surface area contributed by atoms with Crippen molar-refractivity contribution in [3.8, 4) is 0 Å². The first-order chi connectivity index (χ1) is 10.3. The molecule has 0 bridgehead atoms. The lowest BCUT2D eigenvalue weighted by Gasteiger charge is -2.40. The van der Waals surface area contributed by atoms with Crippen molar-refractivity contribution in [3.05, 3.63) is 15.8 Å². The lowest BCUT2D eigenvalue weighted by atomic mass is 10.1. The summed E-state index contributed by atoms with van der Waals surface area (Å²) in [5.74, 6) is 0.588. The zero-order valence-corrected chi connectivity index (χ0v) is 13.7. The molecule has 1 aromatic heterocycles. The van der Waals surface area contributed by atoms with E-state index >= 15 is 0 Å². The van der Waals surface area contributed by atoms with Crippen LogP contribution in [0, 0.1) is 10.1 Å². The molecule has 0 aliphatic carbocycles. The molecule has 2 rings (SSSR count). The molecule has 2 atom stereocenters. The maximum absolute atomic E-state index is 11.4. The number of rotatable bonds is 5. The van der Waals surface area contributed by atoms with Crippen molar-refractivity contribution in [1.29, 1.82) is 0 Å². The fraction of sp³-hybridized carbons (Fsp3) is 0.786. The Morgan fingerprint density at radius 3 is 2.68 bits per heavy atom. The summed E-state index contributed by atoms with van der Waals surface area (Å²) >= 11 is 0. The highest BCUT2D eigenvalue weighted by Gasteiger charge is 2.33. The lowest BCUT2D eigenvalue weighted by Crippen LogP contribution is -2.54. The molecule has 1 aliphatic heterocycles. The largest absolute Gasteiger partial charge is 0.392 e. The topological polar surface area (TPSA) is 87.7 Å². The lowest BCUT2D eigenvalue weighted by molar-refractivity contribution is -0.384. The van der Waals surface area contributed by atoms with E-state index in [1.165, 1.54) is 0 Å². The van der Waals surface area contributed by atoms with Crippen LogP contribution in [0.15, 0.2) is 0 Å². The summed E-state index contributed by atoms with van der Waals surface area (Å²) in [6, 6.07) is 0.225. The molecule has 124 valence electrons. The number of β-amino-alcohol motifs (C(OH)–C–C–N with tert-alkyl or cyclic N) is 1. The molecule has 1 saturated heterocycles. The quantitative estimate of drug-likeness (QED) is 0.639. The Labute approximate surface area is 130 Å². The van der Waals surface area contributed by atoms with Crippen LogP contribution in [0.1, 0.15) is 26.5 Å². The van der Waals surface area contributed by atoms with Gasteiger partial charge in [0.1, 0.15) is 5.69 Å². The normalized spacial score (nSPS) is 21.1. The predicted octanol–water partition coefficient (Wildman–Crippen LogP) is 0.782.